The van der Waals surface area contributed by atoms with E-state index in [1.54, 1.807) is 4.90 Å². The summed E-state index contributed by atoms with van der Waals surface area (Å²) in [6.45, 7) is 7.10. The average Bonchev–Trinajstić information content (AvgIpc) is 2.87. The number of hydrogen-bond acceptors (Lipinski definition) is 3. The van der Waals surface area contributed by atoms with Crippen molar-refractivity contribution >= 4 is 6.09 Å². The molecule has 0 radical (unpaired) electrons. The van der Waals surface area contributed by atoms with Crippen molar-refractivity contribution in [1.29, 1.82) is 5.26 Å². The van der Waals surface area contributed by atoms with Crippen molar-refractivity contribution in [3.63, 3.8) is 0 Å². The zero-order chi connectivity index (χ0) is 12.6. The van der Waals surface area contributed by atoms with Gasteiger partial charge in [0.25, 0.3) is 0 Å². The van der Waals surface area contributed by atoms with Gasteiger partial charge in [-0.05, 0) is 45.4 Å². The number of rotatable bonds is 0. The Kier molecular flexibility index (Phi) is 3.03. The van der Waals surface area contributed by atoms with Crippen molar-refractivity contribution in [2.24, 2.45) is 17.8 Å². The summed E-state index contributed by atoms with van der Waals surface area (Å²) in [6, 6.07) is 2.36. The van der Waals surface area contributed by atoms with Crippen LogP contribution in [0.5, 0.6) is 0 Å². The van der Waals surface area contributed by atoms with Gasteiger partial charge in [-0.2, -0.15) is 5.26 Å². The van der Waals surface area contributed by atoms with Crippen LogP contribution in [0, 0.1) is 29.1 Å². The molecule has 17 heavy (non-hydrogen) atoms. The van der Waals surface area contributed by atoms with Crippen LogP contribution in [-0.4, -0.2) is 29.7 Å². The van der Waals surface area contributed by atoms with Crippen LogP contribution in [0.15, 0.2) is 0 Å². The second-order valence-electron chi connectivity index (χ2n) is 6.03. The molecule has 1 aliphatic heterocycles. The van der Waals surface area contributed by atoms with Gasteiger partial charge in [0.05, 0.1) is 12.0 Å². The maximum absolute atomic E-state index is 11.9. The third-order valence-electron chi connectivity index (χ3n) is 3.60. The molecule has 0 N–H and O–H groups in total. The van der Waals surface area contributed by atoms with Gasteiger partial charge < -0.3 is 9.64 Å². The van der Waals surface area contributed by atoms with Gasteiger partial charge in [-0.3, -0.25) is 0 Å². The van der Waals surface area contributed by atoms with Crippen molar-refractivity contribution in [2.45, 2.75) is 39.2 Å². The number of carbonyl (C=O) groups is 1. The zero-order valence-electron chi connectivity index (χ0n) is 10.8. The highest BCUT2D eigenvalue weighted by atomic mass is 16.6. The molecule has 0 aromatic heterocycles. The fourth-order valence-corrected chi connectivity index (χ4v) is 2.65. The number of fused-ring (bicyclic) bond motifs is 1. The first-order chi connectivity index (χ1) is 7.92. The average molecular weight is 236 g/mol. The molecule has 0 aromatic rings. The van der Waals surface area contributed by atoms with Gasteiger partial charge in [0.1, 0.15) is 5.60 Å². The second kappa shape index (κ2) is 4.21. The molecule has 0 aromatic carbocycles. The van der Waals surface area contributed by atoms with Crippen molar-refractivity contribution in [3.8, 4) is 6.07 Å². The number of nitrogens with zero attached hydrogens (tertiary/aromatic N) is 2. The summed E-state index contributed by atoms with van der Waals surface area (Å²) in [6.07, 6.45) is 1.68. The molecule has 94 valence electrons. The Morgan fingerprint density at radius 2 is 1.82 bits per heavy atom. The lowest BCUT2D eigenvalue weighted by molar-refractivity contribution is 0.0250. The maximum atomic E-state index is 11.9. The van der Waals surface area contributed by atoms with E-state index in [9.17, 15) is 4.79 Å². The zero-order valence-corrected chi connectivity index (χ0v) is 10.8. The smallest absolute Gasteiger partial charge is 0.410 e. The van der Waals surface area contributed by atoms with Gasteiger partial charge in [-0.1, -0.05) is 0 Å². The van der Waals surface area contributed by atoms with E-state index in [1.165, 1.54) is 0 Å². The molecular formula is C13H20N2O2. The van der Waals surface area contributed by atoms with Gasteiger partial charge in [0.2, 0.25) is 0 Å². The van der Waals surface area contributed by atoms with Crippen LogP contribution in [0.1, 0.15) is 33.6 Å². The largest absolute Gasteiger partial charge is 0.444 e. The van der Waals surface area contributed by atoms with E-state index in [4.69, 9.17) is 10.00 Å². The van der Waals surface area contributed by atoms with Crippen LogP contribution in [0.4, 0.5) is 4.79 Å². The first kappa shape index (κ1) is 12.2. The van der Waals surface area contributed by atoms with E-state index >= 15 is 0 Å². The van der Waals surface area contributed by atoms with Gasteiger partial charge in [-0.15, -0.1) is 0 Å². The Bertz CT molecular complexity index is 339. The molecule has 0 bridgehead atoms. The Hall–Kier alpha value is -1.24. The van der Waals surface area contributed by atoms with Crippen LogP contribution >= 0.6 is 0 Å². The first-order valence-electron chi connectivity index (χ1n) is 6.30. The van der Waals surface area contributed by atoms with Gasteiger partial charge in [-0.25, -0.2) is 4.79 Å². The molecule has 1 amide bonds. The Labute approximate surface area is 103 Å². The van der Waals surface area contributed by atoms with Crippen LogP contribution in [0.25, 0.3) is 0 Å². The highest BCUT2D eigenvalue weighted by Gasteiger charge is 2.51. The van der Waals surface area contributed by atoms with E-state index in [-0.39, 0.29) is 12.0 Å². The number of nitriles is 1. The highest BCUT2D eigenvalue weighted by molar-refractivity contribution is 5.68. The van der Waals surface area contributed by atoms with Crippen molar-refractivity contribution < 1.29 is 9.53 Å². The maximum Gasteiger partial charge on any atom is 0.410 e. The van der Waals surface area contributed by atoms with Crippen LogP contribution in [-0.2, 0) is 4.74 Å². The van der Waals surface area contributed by atoms with E-state index < -0.39 is 5.60 Å². The predicted molar refractivity (Wildman–Crippen MR) is 63.1 cm³/mol. The van der Waals surface area contributed by atoms with Crippen molar-refractivity contribution in [3.05, 3.63) is 0 Å². The fraction of sp³-hybridized carbons (Fsp3) is 0.846. The summed E-state index contributed by atoms with van der Waals surface area (Å²) in [4.78, 5) is 13.7. The molecule has 1 aliphatic carbocycles. The minimum Gasteiger partial charge on any atom is -0.444 e. The van der Waals surface area contributed by atoms with E-state index in [2.05, 4.69) is 6.07 Å². The monoisotopic (exact) mass is 236 g/mol. The quantitative estimate of drug-likeness (QED) is 0.649. The molecular weight excluding hydrogens is 216 g/mol. The van der Waals surface area contributed by atoms with Gasteiger partial charge >= 0.3 is 6.09 Å². The van der Waals surface area contributed by atoms with Crippen molar-refractivity contribution in [1.82, 2.24) is 4.90 Å². The van der Waals surface area contributed by atoms with Crippen molar-refractivity contribution in [2.75, 3.05) is 13.1 Å². The number of ether oxygens (including phenoxy) is 1. The van der Waals surface area contributed by atoms with E-state index in [1.807, 2.05) is 20.8 Å². The number of carbonyl (C=O) groups excluding carboxylic acids is 1. The standard InChI is InChI=1S/C13H20N2O2/c1-13(2,3)17-12(16)15-6-4-9-10(5-7-15)11(9)8-14/h9-11H,4-7H2,1-3H3. The number of hydrogen-bond donors (Lipinski definition) is 0. The van der Waals surface area contributed by atoms with Crippen LogP contribution in [0.2, 0.25) is 0 Å². The molecule has 4 heteroatoms. The number of amides is 1. The lowest BCUT2D eigenvalue weighted by atomic mass is 10.2. The summed E-state index contributed by atoms with van der Waals surface area (Å²) in [7, 11) is 0. The molecule has 4 nitrogen and oxygen atoms in total. The molecule has 2 atom stereocenters. The molecule has 2 unspecified atom stereocenters. The molecule has 1 heterocycles. The van der Waals surface area contributed by atoms with E-state index in [0.29, 0.717) is 11.8 Å². The lowest BCUT2D eigenvalue weighted by Crippen LogP contribution is -2.37. The lowest BCUT2D eigenvalue weighted by Gasteiger charge is -2.26. The Morgan fingerprint density at radius 1 is 1.29 bits per heavy atom. The first-order valence-corrected chi connectivity index (χ1v) is 6.30. The number of likely N-dealkylation sites (tertiary alicyclic amines) is 1. The normalized spacial score (nSPS) is 32.1. The van der Waals surface area contributed by atoms with Crippen LogP contribution in [0.3, 0.4) is 0 Å². The molecule has 2 rings (SSSR count). The second-order valence-corrected chi connectivity index (χ2v) is 6.03. The van der Waals surface area contributed by atoms with Crippen LogP contribution < -0.4 is 0 Å². The van der Waals surface area contributed by atoms with E-state index in [0.717, 1.165) is 25.9 Å². The molecule has 1 saturated carbocycles. The van der Waals surface area contributed by atoms with Gasteiger partial charge in [0.15, 0.2) is 0 Å². The molecule has 2 fully saturated rings. The summed E-state index contributed by atoms with van der Waals surface area (Å²) in [5.41, 5.74) is -0.429. The molecule has 0 spiro atoms. The summed E-state index contributed by atoms with van der Waals surface area (Å²) in [5.74, 6) is 1.29. The van der Waals surface area contributed by atoms with Gasteiger partial charge in [0, 0.05) is 13.1 Å². The SMILES string of the molecule is CC(C)(C)OC(=O)N1CCC2C(C#N)C2CC1. The Balaban J connectivity index is 1.86. The Morgan fingerprint density at radius 3 is 2.24 bits per heavy atom. The summed E-state index contributed by atoms with van der Waals surface area (Å²) >= 11 is 0. The topological polar surface area (TPSA) is 53.3 Å². The molecule has 1 saturated heterocycles. The summed E-state index contributed by atoms with van der Waals surface area (Å²) < 4.78 is 5.36. The minimum absolute atomic E-state index is 0.215. The summed E-state index contributed by atoms with van der Waals surface area (Å²) in [5, 5.41) is 8.90. The minimum atomic E-state index is -0.429. The third kappa shape index (κ3) is 2.71. The highest BCUT2D eigenvalue weighted by Crippen LogP contribution is 2.51. The predicted octanol–water partition coefficient (Wildman–Crippen LogP) is 2.40. The molecule has 2 aliphatic rings. The fourth-order valence-electron chi connectivity index (χ4n) is 2.65. The third-order valence-corrected chi connectivity index (χ3v) is 3.60.